The van der Waals surface area contributed by atoms with Gasteiger partial charge in [-0.2, -0.15) is 0 Å². The molecular formula is C14H23N3O2S. The standard InChI is InChI=1S/C14H23N3O2S/c1-4-14(3,9-18)15-7-11-8-20-13(16-11)17(10(2)19)12-5-6-12/h8,12,15,18H,4-7,9H2,1-3H3. The first-order valence-corrected chi connectivity index (χ1v) is 7.97. The fourth-order valence-electron chi connectivity index (χ4n) is 1.97. The van der Waals surface area contributed by atoms with Gasteiger partial charge < -0.3 is 10.4 Å². The van der Waals surface area contributed by atoms with Gasteiger partial charge in [0.15, 0.2) is 5.13 Å². The Kier molecular flexibility index (Phi) is 4.78. The molecule has 1 heterocycles. The number of aliphatic hydroxyl groups excluding tert-OH is 1. The number of aliphatic hydroxyl groups is 1. The maximum atomic E-state index is 11.7. The van der Waals surface area contributed by atoms with E-state index in [0.29, 0.717) is 12.6 Å². The first-order chi connectivity index (χ1) is 9.49. The second-order valence-corrected chi connectivity index (χ2v) is 6.50. The first-order valence-electron chi connectivity index (χ1n) is 7.09. The Bertz CT molecular complexity index is 467. The Labute approximate surface area is 124 Å². The van der Waals surface area contributed by atoms with Gasteiger partial charge in [0.25, 0.3) is 0 Å². The maximum absolute atomic E-state index is 11.7. The fourth-order valence-corrected chi connectivity index (χ4v) is 2.90. The summed E-state index contributed by atoms with van der Waals surface area (Å²) < 4.78 is 0. The molecule has 2 N–H and O–H groups in total. The molecule has 1 atom stereocenters. The summed E-state index contributed by atoms with van der Waals surface area (Å²) in [5, 5.41) is 15.5. The number of carbonyl (C=O) groups excluding carboxylic acids is 1. The van der Waals surface area contributed by atoms with Gasteiger partial charge in [-0.1, -0.05) is 6.92 Å². The Balaban J connectivity index is 2.00. The molecule has 20 heavy (non-hydrogen) atoms. The highest BCUT2D eigenvalue weighted by molar-refractivity contribution is 7.14. The molecular weight excluding hydrogens is 274 g/mol. The van der Waals surface area contributed by atoms with E-state index in [2.05, 4.69) is 10.3 Å². The van der Waals surface area contributed by atoms with Crippen molar-refractivity contribution < 1.29 is 9.90 Å². The zero-order chi connectivity index (χ0) is 14.8. The molecule has 0 radical (unpaired) electrons. The number of anilines is 1. The molecule has 0 aromatic carbocycles. The number of nitrogens with one attached hydrogen (secondary N) is 1. The van der Waals surface area contributed by atoms with E-state index in [4.69, 9.17) is 0 Å². The third-order valence-electron chi connectivity index (χ3n) is 3.82. The Morgan fingerprint density at radius 2 is 2.35 bits per heavy atom. The summed E-state index contributed by atoms with van der Waals surface area (Å²) >= 11 is 1.51. The monoisotopic (exact) mass is 297 g/mol. The summed E-state index contributed by atoms with van der Waals surface area (Å²) in [5.74, 6) is 0.0649. The van der Waals surface area contributed by atoms with Crippen LogP contribution in [0.1, 0.15) is 45.7 Å². The van der Waals surface area contributed by atoms with Crippen LogP contribution in [0, 0.1) is 0 Å². The molecule has 0 bridgehead atoms. The average Bonchev–Trinajstić information content (AvgIpc) is 3.14. The minimum absolute atomic E-state index is 0.0649. The highest BCUT2D eigenvalue weighted by Gasteiger charge is 2.33. The summed E-state index contributed by atoms with van der Waals surface area (Å²) in [7, 11) is 0. The molecule has 1 saturated carbocycles. The Hall–Kier alpha value is -0.980. The molecule has 1 aromatic heterocycles. The Morgan fingerprint density at radius 1 is 1.65 bits per heavy atom. The van der Waals surface area contributed by atoms with Crippen LogP contribution >= 0.6 is 11.3 Å². The summed E-state index contributed by atoms with van der Waals surface area (Å²) in [6, 6.07) is 0.345. The molecule has 1 aromatic rings. The average molecular weight is 297 g/mol. The van der Waals surface area contributed by atoms with E-state index >= 15 is 0 Å². The highest BCUT2D eigenvalue weighted by Crippen LogP contribution is 2.33. The van der Waals surface area contributed by atoms with Crippen LogP contribution in [0.25, 0.3) is 0 Å². The second-order valence-electron chi connectivity index (χ2n) is 5.67. The lowest BCUT2D eigenvalue weighted by Crippen LogP contribution is -2.44. The quantitative estimate of drug-likeness (QED) is 0.807. The van der Waals surface area contributed by atoms with Gasteiger partial charge in [-0.25, -0.2) is 4.98 Å². The lowest BCUT2D eigenvalue weighted by Gasteiger charge is -2.26. The van der Waals surface area contributed by atoms with Gasteiger partial charge in [0.1, 0.15) is 0 Å². The smallest absolute Gasteiger partial charge is 0.225 e. The molecule has 6 heteroatoms. The van der Waals surface area contributed by atoms with Crippen molar-refractivity contribution in [1.82, 2.24) is 10.3 Å². The number of aromatic nitrogens is 1. The number of carbonyl (C=O) groups is 1. The van der Waals surface area contributed by atoms with E-state index in [1.807, 2.05) is 19.2 Å². The van der Waals surface area contributed by atoms with Gasteiger partial charge in [0.2, 0.25) is 5.91 Å². The van der Waals surface area contributed by atoms with Gasteiger partial charge >= 0.3 is 0 Å². The van der Waals surface area contributed by atoms with Crippen LogP contribution < -0.4 is 10.2 Å². The molecule has 5 nitrogen and oxygen atoms in total. The van der Waals surface area contributed by atoms with Crippen LogP contribution in [-0.2, 0) is 11.3 Å². The third-order valence-corrected chi connectivity index (χ3v) is 4.71. The predicted octanol–water partition coefficient (Wildman–Crippen LogP) is 1.91. The van der Waals surface area contributed by atoms with Crippen molar-refractivity contribution >= 4 is 22.4 Å². The third kappa shape index (κ3) is 3.56. The van der Waals surface area contributed by atoms with Crippen molar-refractivity contribution in [1.29, 1.82) is 0 Å². The van der Waals surface area contributed by atoms with Crippen LogP contribution in [0.5, 0.6) is 0 Å². The van der Waals surface area contributed by atoms with E-state index < -0.39 is 0 Å². The summed E-state index contributed by atoms with van der Waals surface area (Å²) in [4.78, 5) is 18.0. The van der Waals surface area contributed by atoms with Crippen molar-refractivity contribution in [2.45, 2.75) is 58.2 Å². The van der Waals surface area contributed by atoms with Crippen LogP contribution in [-0.4, -0.2) is 34.2 Å². The van der Waals surface area contributed by atoms with Crippen molar-refractivity contribution in [3.05, 3.63) is 11.1 Å². The fraction of sp³-hybridized carbons (Fsp3) is 0.714. The molecule has 1 aliphatic carbocycles. The maximum Gasteiger partial charge on any atom is 0.225 e. The van der Waals surface area contributed by atoms with Crippen LogP contribution in [0.15, 0.2) is 5.38 Å². The number of hydrogen-bond acceptors (Lipinski definition) is 5. The van der Waals surface area contributed by atoms with Crippen LogP contribution in [0.3, 0.4) is 0 Å². The van der Waals surface area contributed by atoms with Gasteiger partial charge in [-0.15, -0.1) is 11.3 Å². The number of hydrogen-bond donors (Lipinski definition) is 2. The lowest BCUT2D eigenvalue weighted by atomic mass is 10.0. The van der Waals surface area contributed by atoms with E-state index in [0.717, 1.165) is 30.1 Å². The minimum Gasteiger partial charge on any atom is -0.394 e. The van der Waals surface area contributed by atoms with Crippen molar-refractivity contribution in [2.75, 3.05) is 11.5 Å². The largest absolute Gasteiger partial charge is 0.394 e. The molecule has 2 rings (SSSR count). The van der Waals surface area contributed by atoms with E-state index in [1.54, 1.807) is 11.8 Å². The molecule has 0 spiro atoms. The molecule has 0 aliphatic heterocycles. The van der Waals surface area contributed by atoms with Crippen molar-refractivity contribution in [3.8, 4) is 0 Å². The summed E-state index contributed by atoms with van der Waals surface area (Å²) in [5.41, 5.74) is 0.644. The molecule has 1 aliphatic rings. The molecule has 1 fully saturated rings. The van der Waals surface area contributed by atoms with Gasteiger partial charge in [-0.05, 0) is 26.2 Å². The Morgan fingerprint density at radius 3 is 2.85 bits per heavy atom. The van der Waals surface area contributed by atoms with Gasteiger partial charge in [0, 0.05) is 30.4 Å². The van der Waals surface area contributed by atoms with Gasteiger partial charge in [0.05, 0.1) is 12.3 Å². The zero-order valence-corrected chi connectivity index (χ0v) is 13.2. The molecule has 112 valence electrons. The number of thiazole rings is 1. The minimum atomic E-state index is -0.277. The van der Waals surface area contributed by atoms with Crippen LogP contribution in [0.2, 0.25) is 0 Å². The number of nitrogens with zero attached hydrogens (tertiary/aromatic N) is 2. The molecule has 1 amide bonds. The predicted molar refractivity (Wildman–Crippen MR) is 80.9 cm³/mol. The second kappa shape index (κ2) is 6.20. The van der Waals surface area contributed by atoms with E-state index in [9.17, 15) is 9.90 Å². The summed E-state index contributed by atoms with van der Waals surface area (Å²) in [6.45, 7) is 6.34. The normalized spacial score (nSPS) is 17.8. The SMILES string of the molecule is CCC(C)(CO)NCc1csc(N(C(C)=O)C2CC2)n1. The van der Waals surface area contributed by atoms with E-state index in [-0.39, 0.29) is 18.1 Å². The van der Waals surface area contributed by atoms with Crippen molar-refractivity contribution in [3.63, 3.8) is 0 Å². The number of amides is 1. The number of rotatable bonds is 7. The molecule has 0 saturated heterocycles. The van der Waals surface area contributed by atoms with Crippen LogP contribution in [0.4, 0.5) is 5.13 Å². The lowest BCUT2D eigenvalue weighted by molar-refractivity contribution is -0.116. The van der Waals surface area contributed by atoms with Crippen molar-refractivity contribution in [2.24, 2.45) is 0 Å². The zero-order valence-electron chi connectivity index (χ0n) is 12.3. The highest BCUT2D eigenvalue weighted by atomic mass is 32.1. The van der Waals surface area contributed by atoms with E-state index in [1.165, 1.54) is 11.3 Å². The van der Waals surface area contributed by atoms with Gasteiger partial charge in [-0.3, -0.25) is 9.69 Å². The molecule has 1 unspecified atom stereocenters. The summed E-state index contributed by atoms with van der Waals surface area (Å²) in [6.07, 6.45) is 3.00. The topological polar surface area (TPSA) is 65.5 Å². The first kappa shape index (κ1) is 15.4.